The van der Waals surface area contributed by atoms with E-state index in [1.165, 1.54) is 71.3 Å². The van der Waals surface area contributed by atoms with Crippen LogP contribution in [0.4, 0.5) is 0 Å². The molecule has 0 aliphatic carbocycles. The van der Waals surface area contributed by atoms with Crippen LogP contribution in [0.2, 0.25) is 0 Å². The van der Waals surface area contributed by atoms with Crippen LogP contribution >= 0.6 is 0 Å². The van der Waals surface area contributed by atoms with Gasteiger partial charge in [-0.3, -0.25) is 0 Å². The largest absolute Gasteiger partial charge is 0.309 e. The summed E-state index contributed by atoms with van der Waals surface area (Å²) in [6.45, 7) is 0. The Morgan fingerprint density at radius 3 is 1.38 bits per heavy atom. The van der Waals surface area contributed by atoms with Crippen molar-refractivity contribution >= 4 is 54.4 Å². The number of aromatic nitrogens is 2. The fourth-order valence-electron chi connectivity index (χ4n) is 7.72. The molecule has 2 aromatic heterocycles. The SMILES string of the molecule is N#Cc1ccc(-n2c3ccccc3c3cc(-c4ccc(-c5ccc6c(c5)c5ccccc5n6-c5ccc6ccccc6c5)cc4)ccc32)cc1. The molecule has 0 saturated carbocycles. The van der Waals surface area contributed by atoms with Gasteiger partial charge in [0.25, 0.3) is 0 Å². The van der Waals surface area contributed by atoms with Crippen molar-refractivity contribution in [1.82, 2.24) is 9.13 Å². The van der Waals surface area contributed by atoms with Gasteiger partial charge in [-0.1, -0.05) is 103 Å². The Bertz CT molecular complexity index is 2970. The fourth-order valence-corrected chi connectivity index (χ4v) is 7.72. The van der Waals surface area contributed by atoms with Gasteiger partial charge in [0.15, 0.2) is 0 Å². The quantitative estimate of drug-likeness (QED) is 0.189. The van der Waals surface area contributed by atoms with E-state index in [4.69, 9.17) is 0 Å². The molecule has 10 rings (SSSR count). The van der Waals surface area contributed by atoms with Crippen LogP contribution in [0, 0.1) is 11.3 Å². The topological polar surface area (TPSA) is 33.6 Å². The van der Waals surface area contributed by atoms with Crippen LogP contribution < -0.4 is 0 Å². The van der Waals surface area contributed by atoms with E-state index in [1.807, 2.05) is 24.3 Å². The van der Waals surface area contributed by atoms with E-state index in [0.29, 0.717) is 5.56 Å². The van der Waals surface area contributed by atoms with Crippen LogP contribution in [-0.2, 0) is 0 Å². The lowest BCUT2D eigenvalue weighted by Crippen LogP contribution is -1.93. The highest BCUT2D eigenvalue weighted by Crippen LogP contribution is 2.38. The average molecular weight is 636 g/mol. The fraction of sp³-hybridized carbons (Fsp3) is 0. The number of rotatable bonds is 4. The van der Waals surface area contributed by atoms with E-state index in [9.17, 15) is 5.26 Å². The molecular formula is C47H29N3. The number of benzene rings is 8. The molecule has 0 fully saturated rings. The van der Waals surface area contributed by atoms with Crippen molar-refractivity contribution in [2.24, 2.45) is 0 Å². The molecule has 8 aromatic carbocycles. The molecule has 0 radical (unpaired) electrons. The molecule has 10 aromatic rings. The Labute approximate surface area is 289 Å². The summed E-state index contributed by atoms with van der Waals surface area (Å²) in [5.41, 5.74) is 12.3. The molecule has 2 heterocycles. The van der Waals surface area contributed by atoms with Crippen LogP contribution in [0.3, 0.4) is 0 Å². The third-order valence-electron chi connectivity index (χ3n) is 10.1. The molecule has 0 N–H and O–H groups in total. The molecule has 0 unspecified atom stereocenters. The number of fused-ring (bicyclic) bond motifs is 7. The van der Waals surface area contributed by atoms with E-state index < -0.39 is 0 Å². The van der Waals surface area contributed by atoms with Gasteiger partial charge in [0.05, 0.1) is 33.7 Å². The number of hydrogen-bond donors (Lipinski definition) is 0. The third-order valence-corrected chi connectivity index (χ3v) is 10.1. The first-order valence-electron chi connectivity index (χ1n) is 16.9. The zero-order chi connectivity index (χ0) is 33.2. The summed E-state index contributed by atoms with van der Waals surface area (Å²) >= 11 is 0. The maximum atomic E-state index is 9.31. The number of hydrogen-bond acceptors (Lipinski definition) is 1. The molecule has 232 valence electrons. The van der Waals surface area contributed by atoms with Crippen LogP contribution in [0.25, 0.3) is 88.0 Å². The second kappa shape index (κ2) is 11.1. The summed E-state index contributed by atoms with van der Waals surface area (Å²) in [7, 11) is 0. The first kappa shape index (κ1) is 28.2. The number of para-hydroxylation sites is 2. The summed E-state index contributed by atoms with van der Waals surface area (Å²) < 4.78 is 4.67. The Morgan fingerprint density at radius 2 is 0.800 bits per heavy atom. The maximum Gasteiger partial charge on any atom is 0.0991 e. The Morgan fingerprint density at radius 1 is 0.340 bits per heavy atom. The predicted octanol–water partition coefficient (Wildman–Crippen LogP) is 12.2. The monoisotopic (exact) mass is 635 g/mol. The smallest absolute Gasteiger partial charge is 0.0991 e. The minimum atomic E-state index is 0.660. The molecule has 0 bridgehead atoms. The Hall–Kier alpha value is -6.89. The van der Waals surface area contributed by atoms with Crippen molar-refractivity contribution < 1.29 is 0 Å². The molecule has 0 amide bonds. The predicted molar refractivity (Wildman–Crippen MR) is 208 cm³/mol. The maximum absolute atomic E-state index is 9.31. The lowest BCUT2D eigenvalue weighted by molar-refractivity contribution is 1.18. The van der Waals surface area contributed by atoms with Crippen molar-refractivity contribution in [3.8, 4) is 39.7 Å². The highest BCUT2D eigenvalue weighted by molar-refractivity contribution is 6.12. The van der Waals surface area contributed by atoms with Gasteiger partial charge in [0.1, 0.15) is 0 Å². The average Bonchev–Trinajstić information content (AvgIpc) is 3.70. The molecule has 0 atom stereocenters. The van der Waals surface area contributed by atoms with Crippen LogP contribution in [0.5, 0.6) is 0 Å². The molecule has 0 spiro atoms. The van der Waals surface area contributed by atoms with E-state index >= 15 is 0 Å². The number of nitrogens with zero attached hydrogens (tertiary/aromatic N) is 3. The lowest BCUT2D eigenvalue weighted by Gasteiger charge is -2.10. The zero-order valence-electron chi connectivity index (χ0n) is 27.1. The first-order chi connectivity index (χ1) is 24.7. The van der Waals surface area contributed by atoms with Gasteiger partial charge >= 0.3 is 0 Å². The minimum absolute atomic E-state index is 0.660. The summed E-state index contributed by atoms with van der Waals surface area (Å²) in [5, 5.41) is 16.7. The molecule has 0 saturated heterocycles. The molecular weight excluding hydrogens is 607 g/mol. The van der Waals surface area contributed by atoms with Crippen LogP contribution in [-0.4, -0.2) is 9.13 Å². The second-order valence-corrected chi connectivity index (χ2v) is 12.9. The van der Waals surface area contributed by atoms with Gasteiger partial charge < -0.3 is 9.13 Å². The van der Waals surface area contributed by atoms with Gasteiger partial charge in [-0.05, 0) is 106 Å². The first-order valence-corrected chi connectivity index (χ1v) is 16.9. The van der Waals surface area contributed by atoms with E-state index in [1.54, 1.807) is 0 Å². The molecule has 0 aliphatic rings. The highest BCUT2D eigenvalue weighted by Gasteiger charge is 2.15. The van der Waals surface area contributed by atoms with Gasteiger partial charge in [-0.2, -0.15) is 5.26 Å². The molecule has 3 nitrogen and oxygen atoms in total. The van der Waals surface area contributed by atoms with Gasteiger partial charge in [-0.15, -0.1) is 0 Å². The summed E-state index contributed by atoms with van der Waals surface area (Å²) in [6, 6.07) is 65.1. The summed E-state index contributed by atoms with van der Waals surface area (Å²) in [6.07, 6.45) is 0. The van der Waals surface area contributed by atoms with Gasteiger partial charge in [0, 0.05) is 32.9 Å². The molecule has 50 heavy (non-hydrogen) atoms. The van der Waals surface area contributed by atoms with Gasteiger partial charge in [0.2, 0.25) is 0 Å². The lowest BCUT2D eigenvalue weighted by atomic mass is 9.98. The third kappa shape index (κ3) is 4.36. The summed E-state index contributed by atoms with van der Waals surface area (Å²) in [5.74, 6) is 0. The van der Waals surface area contributed by atoms with Crippen LogP contribution in [0.1, 0.15) is 5.56 Å². The zero-order valence-corrected chi connectivity index (χ0v) is 27.1. The van der Waals surface area contributed by atoms with E-state index in [0.717, 1.165) is 16.7 Å². The molecule has 3 heteroatoms. The highest BCUT2D eigenvalue weighted by atomic mass is 15.0. The second-order valence-electron chi connectivity index (χ2n) is 12.9. The Balaban J connectivity index is 1.04. The molecule has 0 aliphatic heterocycles. The van der Waals surface area contributed by atoms with Gasteiger partial charge in [-0.25, -0.2) is 0 Å². The van der Waals surface area contributed by atoms with Crippen molar-refractivity contribution in [3.05, 3.63) is 181 Å². The van der Waals surface area contributed by atoms with Crippen molar-refractivity contribution in [3.63, 3.8) is 0 Å². The Kier molecular flexibility index (Phi) is 6.24. The summed E-state index contributed by atoms with van der Waals surface area (Å²) in [4.78, 5) is 0. The standard InChI is InChI=1S/C47H29N3/c48-30-31-13-22-38(23-14-31)49-44-11-5-3-9-40(44)42-28-36(20-25-46(42)49)33-15-17-34(18-16-33)37-21-26-47-43(29-37)41-10-4-6-12-45(41)50(47)39-24-19-32-7-1-2-8-35(32)27-39/h1-29H. The minimum Gasteiger partial charge on any atom is -0.309 e. The van der Waals surface area contributed by atoms with Crippen LogP contribution in [0.15, 0.2) is 176 Å². The van der Waals surface area contributed by atoms with E-state index in [-0.39, 0.29) is 0 Å². The van der Waals surface area contributed by atoms with E-state index in [2.05, 4.69) is 167 Å². The van der Waals surface area contributed by atoms with Crippen molar-refractivity contribution in [2.75, 3.05) is 0 Å². The normalized spacial score (nSPS) is 11.6. The van der Waals surface area contributed by atoms with Crippen molar-refractivity contribution in [2.45, 2.75) is 0 Å². The van der Waals surface area contributed by atoms with Crippen molar-refractivity contribution in [1.29, 1.82) is 5.26 Å². The number of nitriles is 1.